The van der Waals surface area contributed by atoms with Crippen molar-refractivity contribution in [2.24, 2.45) is 0 Å². The van der Waals surface area contributed by atoms with Gasteiger partial charge in [0.2, 0.25) is 0 Å². The first-order valence-corrected chi connectivity index (χ1v) is 10.0. The first-order chi connectivity index (χ1) is 16.6. The molecule has 0 atom stereocenters. The molecule has 0 radical (unpaired) electrons. The molecule has 0 aliphatic heterocycles. The van der Waals surface area contributed by atoms with E-state index in [0.717, 1.165) is 36.4 Å². The minimum atomic E-state index is -4.73. The Morgan fingerprint density at radius 2 is 1.00 bits per heavy atom. The number of hydrogen-bond donors (Lipinski definition) is 2. The molecule has 0 saturated heterocycles. The lowest BCUT2D eigenvalue weighted by atomic mass is 10.1. The van der Waals surface area contributed by atoms with Crippen LogP contribution in [0.4, 0.5) is 37.7 Å². The molecule has 0 unspecified atom stereocenters. The van der Waals surface area contributed by atoms with Crippen molar-refractivity contribution in [2.75, 3.05) is 11.5 Å². The predicted octanol–water partition coefficient (Wildman–Crippen LogP) is 7.60. The molecule has 0 amide bonds. The Kier molecular flexibility index (Phi) is 8.48. The number of halogens is 6. The maximum absolute atomic E-state index is 13.3. The van der Waals surface area contributed by atoms with Gasteiger partial charge in [0, 0.05) is 11.4 Å². The van der Waals surface area contributed by atoms with Crippen molar-refractivity contribution < 1.29 is 35.8 Å². The highest BCUT2D eigenvalue weighted by Crippen LogP contribution is 2.39. The van der Waals surface area contributed by atoms with Crippen molar-refractivity contribution in [1.82, 2.24) is 0 Å². The Morgan fingerprint density at radius 3 is 1.28 bits per heavy atom. The predicted molar refractivity (Wildman–Crippen MR) is 128 cm³/mol. The van der Waals surface area contributed by atoms with E-state index in [1.807, 2.05) is 0 Å². The maximum Gasteiger partial charge on any atom is 0.420 e. The summed E-state index contributed by atoms with van der Waals surface area (Å²) in [4.78, 5) is 0. The van der Waals surface area contributed by atoms with Gasteiger partial charge in [-0.15, -0.1) is 0 Å². The third-order valence-electron chi connectivity index (χ3n) is 4.52. The van der Waals surface area contributed by atoms with Gasteiger partial charge in [0.15, 0.2) is 0 Å². The van der Waals surface area contributed by atoms with Gasteiger partial charge in [0.25, 0.3) is 0 Å². The van der Waals surface area contributed by atoms with E-state index < -0.39 is 35.0 Å². The summed E-state index contributed by atoms with van der Waals surface area (Å²) >= 11 is 0. The van der Waals surface area contributed by atoms with Gasteiger partial charge in [-0.2, -0.15) is 26.3 Å². The number of hydrogen-bond acceptors (Lipinski definition) is 4. The molecule has 0 heterocycles. The summed E-state index contributed by atoms with van der Waals surface area (Å²) in [5.74, 6) is -1.25. The molecule has 0 bridgehead atoms. The fourth-order valence-electron chi connectivity index (χ4n) is 2.76. The number of allylic oxidation sites excluding steroid dienone is 6. The Labute approximate surface area is 203 Å². The van der Waals surface area contributed by atoms with Gasteiger partial charge >= 0.3 is 12.4 Å². The third kappa shape index (κ3) is 7.33. The van der Waals surface area contributed by atoms with Crippen molar-refractivity contribution in [1.29, 1.82) is 0 Å². The number of nitrogens with two attached hydrogens (primary N) is 2. The second-order valence-electron chi connectivity index (χ2n) is 7.26. The lowest BCUT2D eigenvalue weighted by molar-refractivity contribution is -0.139. The van der Waals surface area contributed by atoms with Crippen molar-refractivity contribution in [2.45, 2.75) is 12.4 Å². The molecule has 2 aromatic carbocycles. The molecule has 36 heavy (non-hydrogen) atoms. The number of ether oxygens (including phenoxy) is 2. The van der Waals surface area contributed by atoms with Crippen molar-refractivity contribution in [3.63, 3.8) is 0 Å². The van der Waals surface area contributed by atoms with Crippen LogP contribution in [0.25, 0.3) is 0 Å². The molecule has 2 rings (SSSR count). The first kappa shape index (κ1) is 27.9. The van der Waals surface area contributed by atoms with Gasteiger partial charge in [0.05, 0.1) is 0 Å². The summed E-state index contributed by atoms with van der Waals surface area (Å²) in [6.45, 7) is 14.5. The lowest BCUT2D eigenvalue weighted by Crippen LogP contribution is -2.09. The quantitative estimate of drug-likeness (QED) is 0.158. The first-order valence-electron chi connectivity index (χ1n) is 10.0. The van der Waals surface area contributed by atoms with Gasteiger partial charge in [0.1, 0.15) is 34.1 Å². The summed E-state index contributed by atoms with van der Waals surface area (Å²) in [5.41, 5.74) is 8.80. The molecular weight excluding hydrogens is 486 g/mol. The summed E-state index contributed by atoms with van der Waals surface area (Å²) in [6.07, 6.45) is -4.68. The Bertz CT molecular complexity index is 1160. The summed E-state index contributed by atoms with van der Waals surface area (Å²) in [6, 6.07) is 6.05. The van der Waals surface area contributed by atoms with E-state index in [-0.39, 0.29) is 34.0 Å². The molecule has 0 fully saturated rings. The smallest absolute Gasteiger partial charge is 0.420 e. The molecule has 10 heteroatoms. The molecular formula is C26H22F6N2O2. The van der Waals surface area contributed by atoms with Crippen LogP contribution in [-0.2, 0) is 12.4 Å². The van der Waals surface area contributed by atoms with Crippen molar-refractivity contribution in [3.05, 3.63) is 121 Å². The van der Waals surface area contributed by atoms with Crippen LogP contribution in [0.2, 0.25) is 0 Å². The minimum absolute atomic E-state index is 0.103. The lowest BCUT2D eigenvalue weighted by Gasteiger charge is -2.16. The van der Waals surface area contributed by atoms with Crippen LogP contribution in [0.3, 0.4) is 0 Å². The van der Waals surface area contributed by atoms with Gasteiger partial charge in [-0.25, -0.2) is 0 Å². The SMILES string of the molecule is C=C/C(=C\C(=C)C(=C)/C=C(\C=C)Oc1ccc(N)cc1C(F)(F)F)Oc1ccc(N)cc1C(F)(F)F. The molecule has 0 saturated carbocycles. The maximum atomic E-state index is 13.3. The van der Waals surface area contributed by atoms with E-state index in [2.05, 4.69) is 26.3 Å². The standard InChI is InChI=1S/C26H22F6N2O2/c1-5-19(35-23-9-7-17(33)13-21(23)25(27,28)29)11-15(3)16(4)12-20(6-2)36-24-10-8-18(34)14-22(24)26(30,31)32/h5-14H,1-4,33-34H2/b19-11+,20-12+. The van der Waals surface area contributed by atoms with Crippen LogP contribution >= 0.6 is 0 Å². The summed E-state index contributed by atoms with van der Waals surface area (Å²) in [5, 5.41) is 0. The van der Waals surface area contributed by atoms with Gasteiger partial charge < -0.3 is 20.9 Å². The number of alkyl halides is 6. The van der Waals surface area contributed by atoms with E-state index in [9.17, 15) is 26.3 Å². The molecule has 0 aromatic heterocycles. The Hall–Kier alpha value is -4.34. The molecule has 4 N–H and O–H groups in total. The summed E-state index contributed by atoms with van der Waals surface area (Å²) < 4.78 is 90.7. The van der Waals surface area contributed by atoms with Crippen LogP contribution in [0.15, 0.2) is 110 Å². The van der Waals surface area contributed by atoms with Crippen molar-refractivity contribution >= 4 is 11.4 Å². The Balaban J connectivity index is 2.30. The monoisotopic (exact) mass is 508 g/mol. The average molecular weight is 508 g/mol. The van der Waals surface area contributed by atoms with Crippen LogP contribution < -0.4 is 20.9 Å². The van der Waals surface area contributed by atoms with Gasteiger partial charge in [-0.05, 0) is 71.8 Å². The normalized spacial score (nSPS) is 12.6. The zero-order valence-electron chi connectivity index (χ0n) is 18.8. The second kappa shape index (κ2) is 10.9. The zero-order chi connectivity index (χ0) is 27.3. The fraction of sp³-hybridized carbons (Fsp3) is 0.0769. The number of nitrogen functional groups attached to an aromatic ring is 2. The molecule has 4 nitrogen and oxygen atoms in total. The largest absolute Gasteiger partial charge is 0.457 e. The van der Waals surface area contributed by atoms with E-state index in [1.165, 1.54) is 24.3 Å². The number of anilines is 2. The van der Waals surface area contributed by atoms with Crippen LogP contribution in [0.1, 0.15) is 11.1 Å². The average Bonchev–Trinajstić information content (AvgIpc) is 2.78. The van der Waals surface area contributed by atoms with E-state index in [0.29, 0.717) is 0 Å². The second-order valence-corrected chi connectivity index (χ2v) is 7.26. The molecule has 0 aliphatic rings. The molecule has 190 valence electrons. The van der Waals surface area contributed by atoms with Crippen LogP contribution in [0, 0.1) is 0 Å². The minimum Gasteiger partial charge on any atom is -0.457 e. The van der Waals surface area contributed by atoms with Crippen LogP contribution in [0.5, 0.6) is 11.5 Å². The highest BCUT2D eigenvalue weighted by atomic mass is 19.4. The highest BCUT2D eigenvalue weighted by molar-refractivity contribution is 5.52. The number of rotatable bonds is 9. The molecule has 0 aliphatic carbocycles. The van der Waals surface area contributed by atoms with Crippen LogP contribution in [-0.4, -0.2) is 0 Å². The highest BCUT2D eigenvalue weighted by Gasteiger charge is 2.35. The van der Waals surface area contributed by atoms with Gasteiger partial charge in [-0.3, -0.25) is 0 Å². The molecule has 0 spiro atoms. The zero-order valence-corrected chi connectivity index (χ0v) is 18.8. The van der Waals surface area contributed by atoms with Crippen molar-refractivity contribution in [3.8, 4) is 11.5 Å². The fourth-order valence-corrected chi connectivity index (χ4v) is 2.76. The Morgan fingerprint density at radius 1 is 0.667 bits per heavy atom. The summed E-state index contributed by atoms with van der Waals surface area (Å²) in [7, 11) is 0. The molecule has 2 aromatic rings. The number of benzene rings is 2. The van der Waals surface area contributed by atoms with Gasteiger partial charge in [-0.1, -0.05) is 26.3 Å². The van der Waals surface area contributed by atoms with E-state index in [4.69, 9.17) is 20.9 Å². The topological polar surface area (TPSA) is 70.5 Å². The van der Waals surface area contributed by atoms with E-state index >= 15 is 0 Å². The van der Waals surface area contributed by atoms with E-state index in [1.54, 1.807) is 0 Å². The third-order valence-corrected chi connectivity index (χ3v) is 4.52.